The van der Waals surface area contributed by atoms with Gasteiger partial charge in [-0.3, -0.25) is 0 Å². The lowest BCUT2D eigenvalue weighted by Crippen LogP contribution is -2.47. The molecule has 0 radical (unpaired) electrons. The Morgan fingerprint density at radius 2 is 2.06 bits per heavy atom. The van der Waals surface area contributed by atoms with Crippen LogP contribution in [0.4, 0.5) is 0 Å². The van der Waals surface area contributed by atoms with Crippen LogP contribution in [0.1, 0.15) is 32.6 Å². The molecule has 0 unspecified atom stereocenters. The van der Waals surface area contributed by atoms with E-state index in [0.717, 1.165) is 32.4 Å². The number of hydrogen-bond donors (Lipinski definition) is 1. The number of piperidine rings is 1. The van der Waals surface area contributed by atoms with E-state index in [4.69, 9.17) is 0 Å². The Balaban J connectivity index is 2.71. The van der Waals surface area contributed by atoms with E-state index in [2.05, 4.69) is 11.9 Å². The standard InChI is InChI=1S/C12H24N2O2S/c1-3-5-11-17(15,16)14(10-4-2)12-6-8-13-9-7-12/h3,12-13H,1,4-11H2,2H3. The Bertz CT molecular complexity index is 321. The summed E-state index contributed by atoms with van der Waals surface area (Å²) >= 11 is 0. The summed E-state index contributed by atoms with van der Waals surface area (Å²) in [4.78, 5) is 0. The van der Waals surface area contributed by atoms with Gasteiger partial charge in [0, 0.05) is 12.6 Å². The molecule has 1 N–H and O–H groups in total. The minimum Gasteiger partial charge on any atom is -0.317 e. The largest absolute Gasteiger partial charge is 0.317 e. The first-order chi connectivity index (χ1) is 8.11. The molecule has 100 valence electrons. The Morgan fingerprint density at radius 1 is 1.41 bits per heavy atom. The molecular formula is C12H24N2O2S. The third kappa shape index (κ3) is 4.41. The number of allylic oxidation sites excluding steroid dienone is 1. The van der Waals surface area contributed by atoms with E-state index in [9.17, 15) is 8.42 Å². The highest BCUT2D eigenvalue weighted by Crippen LogP contribution is 2.17. The Hall–Kier alpha value is -0.390. The number of nitrogens with zero attached hydrogens (tertiary/aromatic N) is 1. The lowest BCUT2D eigenvalue weighted by molar-refractivity contribution is 0.262. The predicted molar refractivity (Wildman–Crippen MR) is 71.5 cm³/mol. The van der Waals surface area contributed by atoms with Crippen LogP contribution in [0.15, 0.2) is 12.7 Å². The van der Waals surface area contributed by atoms with Crippen LogP contribution in [-0.4, -0.2) is 44.2 Å². The average Bonchev–Trinajstić information content (AvgIpc) is 2.34. The van der Waals surface area contributed by atoms with Gasteiger partial charge in [0.2, 0.25) is 10.0 Å². The van der Waals surface area contributed by atoms with Gasteiger partial charge in [0.05, 0.1) is 5.75 Å². The van der Waals surface area contributed by atoms with Gasteiger partial charge in [0.15, 0.2) is 0 Å². The topological polar surface area (TPSA) is 49.4 Å². The van der Waals surface area contributed by atoms with Crippen molar-refractivity contribution in [3.63, 3.8) is 0 Å². The highest BCUT2D eigenvalue weighted by Gasteiger charge is 2.29. The molecule has 1 fully saturated rings. The summed E-state index contributed by atoms with van der Waals surface area (Å²) in [6.07, 6.45) is 4.93. The van der Waals surface area contributed by atoms with Crippen molar-refractivity contribution in [2.75, 3.05) is 25.4 Å². The van der Waals surface area contributed by atoms with E-state index in [0.29, 0.717) is 13.0 Å². The average molecular weight is 260 g/mol. The lowest BCUT2D eigenvalue weighted by atomic mass is 10.1. The molecule has 0 aliphatic carbocycles. The zero-order chi connectivity index (χ0) is 12.7. The van der Waals surface area contributed by atoms with E-state index in [1.807, 2.05) is 6.92 Å². The van der Waals surface area contributed by atoms with Crippen LogP contribution in [0, 0.1) is 0 Å². The van der Waals surface area contributed by atoms with Gasteiger partial charge in [0.25, 0.3) is 0 Å². The predicted octanol–water partition coefficient (Wildman–Crippen LogP) is 1.36. The van der Waals surface area contributed by atoms with Crippen molar-refractivity contribution in [2.45, 2.75) is 38.6 Å². The molecule has 0 amide bonds. The van der Waals surface area contributed by atoms with Crippen LogP contribution in [0.3, 0.4) is 0 Å². The maximum Gasteiger partial charge on any atom is 0.214 e. The van der Waals surface area contributed by atoms with Crippen LogP contribution in [0.25, 0.3) is 0 Å². The second-order valence-corrected chi connectivity index (χ2v) is 6.53. The Labute approximate surface area is 105 Å². The van der Waals surface area contributed by atoms with Crippen molar-refractivity contribution in [3.8, 4) is 0 Å². The molecule has 5 heteroatoms. The molecule has 1 aliphatic heterocycles. The van der Waals surface area contributed by atoms with E-state index < -0.39 is 10.0 Å². The number of sulfonamides is 1. The van der Waals surface area contributed by atoms with E-state index in [-0.39, 0.29) is 11.8 Å². The third-order valence-corrected chi connectivity index (χ3v) is 5.04. The molecule has 0 aromatic rings. The van der Waals surface area contributed by atoms with Gasteiger partial charge < -0.3 is 5.32 Å². The Kier molecular flexibility index (Phi) is 6.16. The van der Waals surface area contributed by atoms with Crippen LogP contribution in [0.2, 0.25) is 0 Å². The van der Waals surface area contributed by atoms with Crippen molar-refractivity contribution in [3.05, 3.63) is 12.7 Å². The molecule has 0 spiro atoms. The molecule has 17 heavy (non-hydrogen) atoms. The molecule has 0 aromatic heterocycles. The monoisotopic (exact) mass is 260 g/mol. The molecule has 1 saturated heterocycles. The molecular weight excluding hydrogens is 236 g/mol. The molecule has 4 nitrogen and oxygen atoms in total. The summed E-state index contributed by atoms with van der Waals surface area (Å²) < 4.78 is 26.2. The fourth-order valence-electron chi connectivity index (χ4n) is 2.21. The van der Waals surface area contributed by atoms with Crippen molar-refractivity contribution in [2.24, 2.45) is 0 Å². The zero-order valence-corrected chi connectivity index (χ0v) is 11.5. The summed E-state index contributed by atoms with van der Waals surface area (Å²) in [5.41, 5.74) is 0. The SMILES string of the molecule is C=CCCS(=O)(=O)N(CCC)C1CCNCC1. The highest BCUT2D eigenvalue weighted by atomic mass is 32.2. The molecule has 0 bridgehead atoms. The summed E-state index contributed by atoms with van der Waals surface area (Å²) in [7, 11) is -3.11. The van der Waals surface area contributed by atoms with Crippen LogP contribution in [0.5, 0.6) is 0 Å². The first-order valence-corrected chi connectivity index (χ1v) is 8.04. The van der Waals surface area contributed by atoms with Crippen molar-refractivity contribution >= 4 is 10.0 Å². The minimum atomic E-state index is -3.11. The van der Waals surface area contributed by atoms with Gasteiger partial charge in [-0.2, -0.15) is 4.31 Å². The second kappa shape index (κ2) is 7.13. The first kappa shape index (κ1) is 14.7. The smallest absolute Gasteiger partial charge is 0.214 e. The molecule has 1 heterocycles. The molecule has 0 aromatic carbocycles. The van der Waals surface area contributed by atoms with E-state index in [1.54, 1.807) is 10.4 Å². The number of hydrogen-bond acceptors (Lipinski definition) is 3. The Morgan fingerprint density at radius 3 is 2.59 bits per heavy atom. The van der Waals surface area contributed by atoms with Gasteiger partial charge in [0.1, 0.15) is 0 Å². The first-order valence-electron chi connectivity index (χ1n) is 6.43. The quantitative estimate of drug-likeness (QED) is 0.703. The number of nitrogens with one attached hydrogen (secondary N) is 1. The normalized spacial score (nSPS) is 18.5. The van der Waals surface area contributed by atoms with E-state index >= 15 is 0 Å². The third-order valence-electron chi connectivity index (χ3n) is 3.10. The molecule has 1 rings (SSSR count). The summed E-state index contributed by atoms with van der Waals surface area (Å²) in [6.45, 7) is 8.09. The van der Waals surface area contributed by atoms with Crippen LogP contribution in [-0.2, 0) is 10.0 Å². The summed E-state index contributed by atoms with van der Waals surface area (Å²) in [5, 5.41) is 3.27. The van der Waals surface area contributed by atoms with Gasteiger partial charge >= 0.3 is 0 Å². The molecule has 0 atom stereocenters. The van der Waals surface area contributed by atoms with Crippen molar-refractivity contribution in [1.82, 2.24) is 9.62 Å². The van der Waals surface area contributed by atoms with Crippen LogP contribution < -0.4 is 5.32 Å². The van der Waals surface area contributed by atoms with Crippen molar-refractivity contribution < 1.29 is 8.42 Å². The van der Waals surface area contributed by atoms with Gasteiger partial charge in [-0.15, -0.1) is 6.58 Å². The minimum absolute atomic E-state index is 0.186. The zero-order valence-electron chi connectivity index (χ0n) is 10.7. The maximum absolute atomic E-state index is 12.2. The molecule has 1 aliphatic rings. The summed E-state index contributed by atoms with van der Waals surface area (Å²) in [6, 6.07) is 0.186. The number of rotatable bonds is 7. The van der Waals surface area contributed by atoms with Gasteiger partial charge in [-0.1, -0.05) is 13.0 Å². The van der Waals surface area contributed by atoms with Gasteiger partial charge in [-0.05, 0) is 38.8 Å². The van der Waals surface area contributed by atoms with E-state index in [1.165, 1.54) is 0 Å². The van der Waals surface area contributed by atoms with Crippen LogP contribution >= 0.6 is 0 Å². The fourth-order valence-corrected chi connectivity index (χ4v) is 4.04. The van der Waals surface area contributed by atoms with Crippen molar-refractivity contribution in [1.29, 1.82) is 0 Å². The lowest BCUT2D eigenvalue weighted by Gasteiger charge is -2.33. The summed E-state index contributed by atoms with van der Waals surface area (Å²) in [5.74, 6) is 0.195. The highest BCUT2D eigenvalue weighted by molar-refractivity contribution is 7.89. The second-order valence-electron chi connectivity index (χ2n) is 4.49. The molecule has 0 saturated carbocycles. The maximum atomic E-state index is 12.2. The van der Waals surface area contributed by atoms with Gasteiger partial charge in [-0.25, -0.2) is 8.42 Å². The fraction of sp³-hybridized carbons (Fsp3) is 0.833.